The minimum Gasteiger partial charge on any atom is -0.376 e. The lowest BCUT2D eigenvalue weighted by molar-refractivity contribution is 0.00371. The number of nitrogens with one attached hydrogen (secondary N) is 1. The van der Waals surface area contributed by atoms with E-state index in [1.807, 2.05) is 0 Å². The zero-order valence-corrected chi connectivity index (χ0v) is 8.41. The fraction of sp³-hybridized carbons (Fsp3) is 0.400. The largest absolute Gasteiger partial charge is 0.376 e. The van der Waals surface area contributed by atoms with Gasteiger partial charge in [0, 0.05) is 24.1 Å². The lowest BCUT2D eigenvalue weighted by Gasteiger charge is -2.18. The molecule has 76 valence electrons. The second kappa shape index (κ2) is 3.09. The lowest BCUT2D eigenvalue weighted by atomic mass is 10.1. The maximum atomic E-state index is 13.0. The van der Waals surface area contributed by atoms with E-state index in [2.05, 4.69) is 5.32 Å². The molecule has 1 aliphatic heterocycles. The summed E-state index contributed by atoms with van der Waals surface area (Å²) < 4.78 is 26.0. The van der Waals surface area contributed by atoms with Crippen molar-refractivity contribution < 1.29 is 8.78 Å². The van der Waals surface area contributed by atoms with Crippen molar-refractivity contribution in [1.82, 2.24) is 0 Å². The summed E-state index contributed by atoms with van der Waals surface area (Å²) in [5.74, 6) is -2.70. The standard InChI is InChI=1S/C10H10ClF2N/c1-10(12,13)9-4-6-2-3-7(11)5-8(6)14-9/h2-3,5,9,14H,4H2,1H3. The maximum Gasteiger partial charge on any atom is 0.265 e. The molecular formula is C10H10ClF2N. The van der Waals surface area contributed by atoms with Gasteiger partial charge in [-0.2, -0.15) is 0 Å². The predicted octanol–water partition coefficient (Wildman–Crippen LogP) is 3.33. The molecule has 4 heteroatoms. The molecule has 0 aliphatic carbocycles. The second-order valence-electron chi connectivity index (χ2n) is 3.66. The van der Waals surface area contributed by atoms with Crippen molar-refractivity contribution in [1.29, 1.82) is 0 Å². The van der Waals surface area contributed by atoms with E-state index in [4.69, 9.17) is 11.6 Å². The van der Waals surface area contributed by atoms with Gasteiger partial charge in [0.2, 0.25) is 0 Å². The van der Waals surface area contributed by atoms with Crippen molar-refractivity contribution in [2.24, 2.45) is 0 Å². The molecule has 0 bridgehead atoms. The molecule has 0 spiro atoms. The summed E-state index contributed by atoms with van der Waals surface area (Å²) in [6.07, 6.45) is 0.357. The van der Waals surface area contributed by atoms with Crippen LogP contribution in [0.5, 0.6) is 0 Å². The highest BCUT2D eigenvalue weighted by molar-refractivity contribution is 6.30. The molecule has 14 heavy (non-hydrogen) atoms. The molecule has 1 heterocycles. The first kappa shape index (κ1) is 9.71. The summed E-state index contributed by atoms with van der Waals surface area (Å²) in [5, 5.41) is 3.35. The molecule has 1 aliphatic rings. The van der Waals surface area contributed by atoms with Crippen LogP contribution in [0.3, 0.4) is 0 Å². The van der Waals surface area contributed by atoms with Crippen LogP contribution in [0.2, 0.25) is 5.02 Å². The molecule has 1 atom stereocenters. The van der Waals surface area contributed by atoms with Crippen molar-refractivity contribution in [2.45, 2.75) is 25.3 Å². The molecule has 1 unspecified atom stereocenters. The van der Waals surface area contributed by atoms with Crippen LogP contribution in [0.15, 0.2) is 18.2 Å². The summed E-state index contributed by atoms with van der Waals surface area (Å²) in [5.41, 5.74) is 1.63. The summed E-state index contributed by atoms with van der Waals surface area (Å²) in [4.78, 5) is 0. The lowest BCUT2D eigenvalue weighted by Crippen LogP contribution is -2.35. The molecule has 0 saturated heterocycles. The third-order valence-corrected chi connectivity index (χ3v) is 2.67. The first-order chi connectivity index (χ1) is 6.47. The zero-order chi connectivity index (χ0) is 10.3. The van der Waals surface area contributed by atoms with E-state index in [0.29, 0.717) is 11.4 Å². The van der Waals surface area contributed by atoms with Gasteiger partial charge in [-0.15, -0.1) is 0 Å². The molecule has 0 aromatic heterocycles. The molecular weight excluding hydrogens is 208 g/mol. The number of hydrogen-bond acceptors (Lipinski definition) is 1. The zero-order valence-electron chi connectivity index (χ0n) is 7.65. The number of hydrogen-bond donors (Lipinski definition) is 1. The predicted molar refractivity (Wildman–Crippen MR) is 53.2 cm³/mol. The van der Waals surface area contributed by atoms with Gasteiger partial charge < -0.3 is 5.32 Å². The Morgan fingerprint density at radius 3 is 2.86 bits per heavy atom. The summed E-state index contributed by atoms with van der Waals surface area (Å²) >= 11 is 5.76. The number of halogens is 3. The van der Waals surface area contributed by atoms with Crippen LogP contribution < -0.4 is 5.32 Å². The highest BCUT2D eigenvalue weighted by atomic mass is 35.5. The number of fused-ring (bicyclic) bond motifs is 1. The van der Waals surface area contributed by atoms with E-state index < -0.39 is 12.0 Å². The number of anilines is 1. The van der Waals surface area contributed by atoms with E-state index in [0.717, 1.165) is 18.2 Å². The third kappa shape index (κ3) is 1.69. The van der Waals surface area contributed by atoms with Gasteiger partial charge in [-0.25, -0.2) is 8.78 Å². The Bertz CT molecular complexity index is 360. The van der Waals surface area contributed by atoms with Gasteiger partial charge in [0.05, 0.1) is 6.04 Å². The molecule has 1 N–H and O–H groups in total. The molecule has 0 fully saturated rings. The van der Waals surface area contributed by atoms with Crippen LogP contribution in [0.25, 0.3) is 0 Å². The average molecular weight is 218 g/mol. The minimum atomic E-state index is -2.70. The Morgan fingerprint density at radius 1 is 1.50 bits per heavy atom. The van der Waals surface area contributed by atoms with Crippen LogP contribution in [0.4, 0.5) is 14.5 Å². The quantitative estimate of drug-likeness (QED) is 0.761. The molecule has 0 radical (unpaired) electrons. The van der Waals surface area contributed by atoms with Crippen LogP contribution in [-0.2, 0) is 6.42 Å². The van der Waals surface area contributed by atoms with E-state index in [9.17, 15) is 8.78 Å². The third-order valence-electron chi connectivity index (χ3n) is 2.44. The fourth-order valence-corrected chi connectivity index (χ4v) is 1.80. The van der Waals surface area contributed by atoms with E-state index >= 15 is 0 Å². The van der Waals surface area contributed by atoms with Crippen molar-refractivity contribution >= 4 is 17.3 Å². The summed E-state index contributed by atoms with van der Waals surface area (Å²) in [7, 11) is 0. The topological polar surface area (TPSA) is 12.0 Å². The molecule has 1 aromatic rings. The fourth-order valence-electron chi connectivity index (χ4n) is 1.63. The molecule has 2 rings (SSSR count). The van der Waals surface area contributed by atoms with E-state index in [1.54, 1.807) is 18.2 Å². The van der Waals surface area contributed by atoms with E-state index in [1.165, 1.54) is 0 Å². The van der Waals surface area contributed by atoms with Crippen LogP contribution in [0.1, 0.15) is 12.5 Å². The first-order valence-corrected chi connectivity index (χ1v) is 4.77. The Hall–Kier alpha value is -0.830. The normalized spacial score (nSPS) is 20.4. The van der Waals surface area contributed by atoms with Gasteiger partial charge >= 0.3 is 0 Å². The number of rotatable bonds is 1. The molecule has 1 nitrogen and oxygen atoms in total. The van der Waals surface area contributed by atoms with Crippen LogP contribution >= 0.6 is 11.6 Å². The molecule has 0 saturated carbocycles. The highest BCUT2D eigenvalue weighted by Crippen LogP contribution is 2.34. The summed E-state index contributed by atoms with van der Waals surface area (Å²) in [6.45, 7) is 0.929. The van der Waals surface area contributed by atoms with Gasteiger partial charge in [-0.1, -0.05) is 17.7 Å². The highest BCUT2D eigenvalue weighted by Gasteiger charge is 2.38. The maximum absolute atomic E-state index is 13.0. The van der Waals surface area contributed by atoms with Crippen LogP contribution in [0, 0.1) is 0 Å². The second-order valence-corrected chi connectivity index (χ2v) is 4.10. The van der Waals surface area contributed by atoms with Gasteiger partial charge in [0.15, 0.2) is 0 Å². The Kier molecular flexibility index (Phi) is 2.14. The smallest absolute Gasteiger partial charge is 0.265 e. The Morgan fingerprint density at radius 2 is 2.21 bits per heavy atom. The Labute approximate surface area is 86.1 Å². The van der Waals surface area contributed by atoms with Gasteiger partial charge in [-0.05, 0) is 17.7 Å². The molecule has 1 aromatic carbocycles. The van der Waals surface area contributed by atoms with Crippen molar-refractivity contribution in [3.63, 3.8) is 0 Å². The van der Waals surface area contributed by atoms with Gasteiger partial charge in [0.1, 0.15) is 0 Å². The SMILES string of the molecule is CC(F)(F)C1Cc2ccc(Cl)cc2N1. The molecule has 0 amide bonds. The first-order valence-electron chi connectivity index (χ1n) is 4.39. The van der Waals surface area contributed by atoms with Gasteiger partial charge in [0.25, 0.3) is 5.92 Å². The van der Waals surface area contributed by atoms with Crippen molar-refractivity contribution in [2.75, 3.05) is 5.32 Å². The monoisotopic (exact) mass is 217 g/mol. The number of alkyl halides is 2. The summed E-state index contributed by atoms with van der Waals surface area (Å²) in [6, 6.07) is 4.38. The van der Waals surface area contributed by atoms with Crippen molar-refractivity contribution in [3.05, 3.63) is 28.8 Å². The van der Waals surface area contributed by atoms with Crippen molar-refractivity contribution in [3.8, 4) is 0 Å². The van der Waals surface area contributed by atoms with E-state index in [-0.39, 0.29) is 0 Å². The Balaban J connectivity index is 2.26. The van der Waals surface area contributed by atoms with Gasteiger partial charge in [-0.3, -0.25) is 0 Å². The average Bonchev–Trinajstić information content (AvgIpc) is 2.45. The minimum absolute atomic E-state index is 0.357. The number of benzene rings is 1. The van der Waals surface area contributed by atoms with Crippen LogP contribution in [-0.4, -0.2) is 12.0 Å².